The summed E-state index contributed by atoms with van der Waals surface area (Å²) in [5.74, 6) is 0.940. The molecular formula is C19H20N4O3S2. The number of hydrogen-bond acceptors (Lipinski definition) is 8. The number of Topliss-reactive ketones (excluding diaryl/α,β-unsaturated/α-hetero) is 1. The smallest absolute Gasteiger partial charge is 0.227 e. The minimum atomic E-state index is -0.283. The van der Waals surface area contributed by atoms with Crippen molar-refractivity contribution in [2.75, 3.05) is 19.9 Å². The van der Waals surface area contributed by atoms with Crippen molar-refractivity contribution < 1.29 is 14.3 Å². The van der Waals surface area contributed by atoms with Crippen LogP contribution in [-0.4, -0.2) is 46.6 Å². The first-order valence-corrected chi connectivity index (χ1v) is 10.4. The van der Waals surface area contributed by atoms with Crippen LogP contribution in [0.25, 0.3) is 11.0 Å². The number of methoxy groups -OCH3 is 1. The molecule has 0 spiro atoms. The van der Waals surface area contributed by atoms with Gasteiger partial charge < -0.3 is 10.1 Å². The van der Waals surface area contributed by atoms with Crippen LogP contribution in [0.5, 0.6) is 5.88 Å². The zero-order chi connectivity index (χ0) is 20.3. The number of amides is 1. The molecule has 0 aliphatic heterocycles. The predicted molar refractivity (Wildman–Crippen MR) is 110 cm³/mol. The van der Waals surface area contributed by atoms with Crippen molar-refractivity contribution in [1.82, 2.24) is 20.3 Å². The van der Waals surface area contributed by atoms with E-state index in [1.807, 2.05) is 19.1 Å². The fraction of sp³-hybridized carbons (Fsp3) is 0.316. The SMILES string of the molecule is CNC(=O)C(C)c1ccc(C(=O)CSc2nc(C)nc3ccc(OC)nc23)s1. The van der Waals surface area contributed by atoms with Gasteiger partial charge in [-0.3, -0.25) is 9.59 Å². The van der Waals surface area contributed by atoms with Gasteiger partial charge in [0, 0.05) is 18.0 Å². The molecule has 0 aromatic carbocycles. The van der Waals surface area contributed by atoms with Crippen molar-refractivity contribution in [3.8, 4) is 5.88 Å². The second kappa shape index (κ2) is 8.66. The maximum absolute atomic E-state index is 12.6. The van der Waals surface area contributed by atoms with Crippen LogP contribution in [0, 0.1) is 6.92 Å². The van der Waals surface area contributed by atoms with Crippen LogP contribution < -0.4 is 10.1 Å². The molecule has 0 radical (unpaired) electrons. The van der Waals surface area contributed by atoms with Crippen molar-refractivity contribution in [3.05, 3.63) is 39.8 Å². The van der Waals surface area contributed by atoms with E-state index in [1.54, 1.807) is 33.2 Å². The van der Waals surface area contributed by atoms with Gasteiger partial charge in [0.15, 0.2) is 5.78 Å². The normalized spacial score (nSPS) is 12.0. The Morgan fingerprint density at radius 3 is 2.71 bits per heavy atom. The molecule has 1 unspecified atom stereocenters. The van der Waals surface area contributed by atoms with Gasteiger partial charge in [-0.15, -0.1) is 11.3 Å². The summed E-state index contributed by atoms with van der Waals surface area (Å²) >= 11 is 2.67. The van der Waals surface area contributed by atoms with Crippen LogP contribution in [0.3, 0.4) is 0 Å². The van der Waals surface area contributed by atoms with Crippen LogP contribution in [0.2, 0.25) is 0 Å². The molecule has 3 aromatic rings. The number of aryl methyl sites for hydroxylation is 1. The Morgan fingerprint density at radius 1 is 1.21 bits per heavy atom. The Labute approximate surface area is 170 Å². The Bertz CT molecular complexity index is 1040. The van der Waals surface area contributed by atoms with Crippen molar-refractivity contribution in [2.45, 2.75) is 24.8 Å². The fourth-order valence-corrected chi connectivity index (χ4v) is 4.58. The van der Waals surface area contributed by atoms with Gasteiger partial charge >= 0.3 is 0 Å². The minimum absolute atomic E-state index is 0.0160. The maximum Gasteiger partial charge on any atom is 0.227 e. The number of carbonyl (C=O) groups is 2. The molecule has 0 aliphatic carbocycles. The highest BCUT2D eigenvalue weighted by molar-refractivity contribution is 8.00. The number of thioether (sulfide) groups is 1. The second-order valence-corrected chi connectivity index (χ2v) is 8.13. The van der Waals surface area contributed by atoms with Crippen LogP contribution in [0.15, 0.2) is 29.3 Å². The van der Waals surface area contributed by atoms with Crippen molar-refractivity contribution in [3.63, 3.8) is 0 Å². The quantitative estimate of drug-likeness (QED) is 0.359. The summed E-state index contributed by atoms with van der Waals surface area (Å²) in [5.41, 5.74) is 1.32. The summed E-state index contributed by atoms with van der Waals surface area (Å²) in [6.07, 6.45) is 0. The van der Waals surface area contributed by atoms with E-state index in [1.165, 1.54) is 23.1 Å². The van der Waals surface area contributed by atoms with Crippen LogP contribution in [-0.2, 0) is 4.79 Å². The first kappa shape index (κ1) is 20.2. The third-order valence-electron chi connectivity index (χ3n) is 4.11. The van der Waals surface area contributed by atoms with E-state index in [9.17, 15) is 9.59 Å². The molecule has 9 heteroatoms. The van der Waals surface area contributed by atoms with E-state index in [-0.39, 0.29) is 23.4 Å². The molecule has 0 fully saturated rings. The number of hydrogen-bond donors (Lipinski definition) is 1. The predicted octanol–water partition coefficient (Wildman–Crippen LogP) is 3.23. The average molecular weight is 417 g/mol. The lowest BCUT2D eigenvalue weighted by molar-refractivity contribution is -0.121. The fourth-order valence-electron chi connectivity index (χ4n) is 2.58. The summed E-state index contributed by atoms with van der Waals surface area (Å²) in [6.45, 7) is 3.63. The van der Waals surface area contributed by atoms with E-state index in [2.05, 4.69) is 20.3 Å². The van der Waals surface area contributed by atoms with Gasteiger partial charge in [0.05, 0.1) is 29.2 Å². The van der Waals surface area contributed by atoms with E-state index in [0.717, 1.165) is 4.88 Å². The van der Waals surface area contributed by atoms with Gasteiger partial charge in [-0.05, 0) is 32.0 Å². The molecule has 1 atom stereocenters. The molecule has 0 aliphatic rings. The van der Waals surface area contributed by atoms with Gasteiger partial charge in [0.1, 0.15) is 16.4 Å². The zero-order valence-electron chi connectivity index (χ0n) is 16.0. The van der Waals surface area contributed by atoms with Crippen molar-refractivity contribution in [1.29, 1.82) is 0 Å². The van der Waals surface area contributed by atoms with Gasteiger partial charge in [-0.2, -0.15) is 0 Å². The average Bonchev–Trinajstić information content (AvgIpc) is 3.20. The number of likely N-dealkylation sites (N-methyl/N-ethyl adjacent to an activating group) is 1. The number of ketones is 1. The summed E-state index contributed by atoms with van der Waals surface area (Å²) < 4.78 is 5.18. The molecule has 3 aromatic heterocycles. The van der Waals surface area contributed by atoms with Crippen molar-refractivity contribution >= 4 is 45.8 Å². The lowest BCUT2D eigenvalue weighted by Gasteiger charge is -2.07. The van der Waals surface area contributed by atoms with E-state index < -0.39 is 0 Å². The molecule has 0 saturated carbocycles. The highest BCUT2D eigenvalue weighted by Crippen LogP contribution is 2.29. The molecule has 3 rings (SSSR count). The Morgan fingerprint density at radius 2 is 2.00 bits per heavy atom. The van der Waals surface area contributed by atoms with Gasteiger partial charge in [-0.1, -0.05) is 11.8 Å². The lowest BCUT2D eigenvalue weighted by Crippen LogP contribution is -2.23. The number of fused-ring (bicyclic) bond motifs is 1. The third-order valence-corrected chi connectivity index (χ3v) is 6.39. The molecule has 1 N–H and O–H groups in total. The summed E-state index contributed by atoms with van der Waals surface area (Å²) in [4.78, 5) is 39.2. The number of aromatic nitrogens is 3. The highest BCUT2D eigenvalue weighted by atomic mass is 32.2. The van der Waals surface area contributed by atoms with Gasteiger partial charge in [-0.25, -0.2) is 15.0 Å². The standard InChI is InChI=1S/C19H20N4O3S2/c1-10(18(25)20-3)14-6-7-15(28-14)13(24)9-27-19-17-12(21-11(2)22-19)5-8-16(23-17)26-4/h5-8,10H,9H2,1-4H3,(H,20,25). The Balaban J connectivity index is 1.78. The zero-order valence-corrected chi connectivity index (χ0v) is 17.6. The molecule has 28 heavy (non-hydrogen) atoms. The first-order chi connectivity index (χ1) is 13.4. The maximum atomic E-state index is 12.6. The van der Waals surface area contributed by atoms with Gasteiger partial charge in [0.25, 0.3) is 0 Å². The van der Waals surface area contributed by atoms with Crippen LogP contribution in [0.1, 0.15) is 33.2 Å². The molecule has 146 valence electrons. The molecule has 0 bridgehead atoms. The molecule has 3 heterocycles. The molecule has 7 nitrogen and oxygen atoms in total. The number of nitrogens with one attached hydrogen (secondary N) is 1. The largest absolute Gasteiger partial charge is 0.481 e. The Hall–Kier alpha value is -2.52. The van der Waals surface area contributed by atoms with Crippen LogP contribution >= 0.6 is 23.1 Å². The van der Waals surface area contributed by atoms with Crippen LogP contribution in [0.4, 0.5) is 0 Å². The topological polar surface area (TPSA) is 94.1 Å². The number of rotatable bonds is 7. The number of ether oxygens (including phenoxy) is 1. The monoisotopic (exact) mass is 416 g/mol. The van der Waals surface area contributed by atoms with Gasteiger partial charge in [0.2, 0.25) is 11.8 Å². The summed E-state index contributed by atoms with van der Waals surface area (Å²) in [5, 5.41) is 3.27. The van der Waals surface area contributed by atoms with E-state index in [4.69, 9.17) is 4.74 Å². The number of thiophene rings is 1. The number of carbonyl (C=O) groups excluding carboxylic acids is 2. The van der Waals surface area contributed by atoms with E-state index in [0.29, 0.717) is 32.6 Å². The van der Waals surface area contributed by atoms with E-state index >= 15 is 0 Å². The summed E-state index contributed by atoms with van der Waals surface area (Å²) in [7, 11) is 3.15. The van der Waals surface area contributed by atoms with Crippen molar-refractivity contribution in [2.24, 2.45) is 0 Å². The molecule has 0 saturated heterocycles. The first-order valence-electron chi connectivity index (χ1n) is 8.59. The number of pyridine rings is 1. The second-order valence-electron chi connectivity index (χ2n) is 6.05. The minimum Gasteiger partial charge on any atom is -0.481 e. The third kappa shape index (κ3) is 4.31. The summed E-state index contributed by atoms with van der Waals surface area (Å²) in [6, 6.07) is 7.18. The highest BCUT2D eigenvalue weighted by Gasteiger charge is 2.19. The molecular weight excluding hydrogens is 396 g/mol. The number of nitrogens with zero attached hydrogens (tertiary/aromatic N) is 3. The lowest BCUT2D eigenvalue weighted by atomic mass is 10.1. The molecule has 1 amide bonds. The Kier molecular flexibility index (Phi) is 6.25.